The fraction of sp³-hybridized carbons (Fsp3) is 0.370. The fourth-order valence-corrected chi connectivity index (χ4v) is 4.59. The minimum Gasteiger partial charge on any atom is -0.492 e. The maximum absolute atomic E-state index is 12.6. The summed E-state index contributed by atoms with van der Waals surface area (Å²) in [5, 5.41) is 4.59. The van der Waals surface area contributed by atoms with Crippen LogP contribution in [-0.4, -0.2) is 60.3 Å². The van der Waals surface area contributed by atoms with Gasteiger partial charge >= 0.3 is 6.09 Å². The molecule has 3 aromatic rings. The van der Waals surface area contributed by atoms with Crippen molar-refractivity contribution < 1.29 is 19.1 Å². The summed E-state index contributed by atoms with van der Waals surface area (Å²) in [4.78, 5) is 33.2. The van der Waals surface area contributed by atoms with Gasteiger partial charge in [-0.05, 0) is 45.9 Å². The number of pyridine rings is 1. The molecule has 202 valence electrons. The molecule has 2 heterocycles. The van der Waals surface area contributed by atoms with Crippen molar-refractivity contribution in [3.05, 3.63) is 52.1 Å². The Morgan fingerprint density at radius 1 is 1.13 bits per heavy atom. The number of primary amides is 1. The number of carbonyl (C=O) groups is 2. The number of aromatic nitrogens is 1. The van der Waals surface area contributed by atoms with Gasteiger partial charge in [0.1, 0.15) is 11.4 Å². The van der Waals surface area contributed by atoms with Gasteiger partial charge in [0.25, 0.3) is 5.91 Å². The number of ether oxygens (including phenoxy) is 2. The van der Waals surface area contributed by atoms with Crippen LogP contribution in [0.1, 0.15) is 38.1 Å². The normalized spacial score (nSPS) is 13.9. The number of rotatable bonds is 6. The molecular weight excluding hydrogens is 529 g/mol. The summed E-state index contributed by atoms with van der Waals surface area (Å²) in [6.07, 6.45) is 1.10. The van der Waals surface area contributed by atoms with Crippen molar-refractivity contribution in [3.63, 3.8) is 0 Å². The number of fused-ring (bicyclic) bond motifs is 1. The van der Waals surface area contributed by atoms with Crippen LogP contribution in [0.5, 0.6) is 5.75 Å². The molecule has 4 rings (SSSR count). The lowest BCUT2D eigenvalue weighted by Crippen LogP contribution is -2.50. The summed E-state index contributed by atoms with van der Waals surface area (Å²) in [5.74, 6) is 0.0123. The number of nitrogens with zero attached hydrogens (tertiary/aromatic N) is 3. The lowest BCUT2D eigenvalue weighted by molar-refractivity contribution is 0.0240. The molecule has 1 fully saturated rings. The molecule has 0 atom stereocenters. The zero-order chi connectivity index (χ0) is 27.6. The van der Waals surface area contributed by atoms with Gasteiger partial charge in [-0.1, -0.05) is 29.3 Å². The number of hydrogen-bond donors (Lipinski definition) is 2. The molecule has 9 nitrogen and oxygen atoms in total. The van der Waals surface area contributed by atoms with Gasteiger partial charge in [0, 0.05) is 43.8 Å². The first-order valence-electron chi connectivity index (χ1n) is 12.3. The number of piperazine rings is 1. The van der Waals surface area contributed by atoms with Crippen molar-refractivity contribution in [1.29, 1.82) is 0 Å². The molecule has 0 aliphatic carbocycles. The summed E-state index contributed by atoms with van der Waals surface area (Å²) in [6, 6.07) is 8.95. The van der Waals surface area contributed by atoms with E-state index in [4.69, 9.17) is 38.4 Å². The number of halogens is 2. The molecule has 2 aromatic carbocycles. The molecule has 0 bridgehead atoms. The van der Waals surface area contributed by atoms with Crippen LogP contribution >= 0.6 is 23.2 Å². The summed E-state index contributed by atoms with van der Waals surface area (Å²) < 4.78 is 11.5. The zero-order valence-corrected chi connectivity index (χ0v) is 23.3. The maximum atomic E-state index is 12.6. The average Bonchev–Trinajstić information content (AvgIpc) is 2.85. The van der Waals surface area contributed by atoms with Crippen LogP contribution in [0.15, 0.2) is 36.5 Å². The Hall–Kier alpha value is -3.43. The summed E-state index contributed by atoms with van der Waals surface area (Å²) in [5.41, 5.74) is 7.76. The number of anilines is 3. The third-order valence-corrected chi connectivity index (χ3v) is 6.82. The van der Waals surface area contributed by atoms with Crippen LogP contribution in [0.2, 0.25) is 10.0 Å². The van der Waals surface area contributed by atoms with Gasteiger partial charge in [-0.3, -0.25) is 9.78 Å². The molecule has 0 unspecified atom stereocenters. The predicted octanol–water partition coefficient (Wildman–Crippen LogP) is 5.84. The second-order valence-corrected chi connectivity index (χ2v) is 10.6. The first-order valence-corrected chi connectivity index (χ1v) is 13.1. The Bertz CT molecular complexity index is 1370. The SMILES string of the molecule is CCOc1cc2ncc(C(N)=O)c(Nc3cccc(Cl)c3Cl)c2cc1N1CCN(C(=O)OC(C)(C)C)CC1. The van der Waals surface area contributed by atoms with E-state index in [9.17, 15) is 9.59 Å². The Labute approximate surface area is 231 Å². The molecule has 1 saturated heterocycles. The van der Waals surface area contributed by atoms with Gasteiger partial charge in [-0.25, -0.2) is 4.79 Å². The van der Waals surface area contributed by atoms with E-state index in [1.165, 1.54) is 6.20 Å². The second kappa shape index (κ2) is 11.1. The Balaban J connectivity index is 1.74. The molecule has 2 amide bonds. The number of amides is 2. The van der Waals surface area contributed by atoms with E-state index in [0.717, 1.165) is 5.69 Å². The van der Waals surface area contributed by atoms with Crippen LogP contribution in [0.4, 0.5) is 21.9 Å². The van der Waals surface area contributed by atoms with Crippen molar-refractivity contribution in [2.45, 2.75) is 33.3 Å². The number of nitrogens with two attached hydrogens (primary N) is 1. The third kappa shape index (κ3) is 6.00. The molecule has 0 radical (unpaired) electrons. The number of hydrogen-bond acceptors (Lipinski definition) is 7. The third-order valence-electron chi connectivity index (χ3n) is 6.00. The Kier molecular flexibility index (Phi) is 8.08. The van der Waals surface area contributed by atoms with Gasteiger partial charge in [0.2, 0.25) is 0 Å². The molecule has 11 heteroatoms. The smallest absolute Gasteiger partial charge is 0.410 e. The van der Waals surface area contributed by atoms with E-state index in [1.807, 2.05) is 39.8 Å². The van der Waals surface area contributed by atoms with E-state index in [1.54, 1.807) is 23.1 Å². The largest absolute Gasteiger partial charge is 0.492 e. The highest BCUT2D eigenvalue weighted by atomic mass is 35.5. The second-order valence-electron chi connectivity index (χ2n) is 9.86. The van der Waals surface area contributed by atoms with E-state index < -0.39 is 11.5 Å². The molecule has 1 aliphatic rings. The van der Waals surface area contributed by atoms with Gasteiger partial charge < -0.3 is 30.3 Å². The monoisotopic (exact) mass is 559 g/mol. The Morgan fingerprint density at radius 3 is 2.47 bits per heavy atom. The maximum Gasteiger partial charge on any atom is 0.410 e. The van der Waals surface area contributed by atoms with Gasteiger partial charge in [-0.15, -0.1) is 0 Å². The average molecular weight is 560 g/mol. The van der Waals surface area contributed by atoms with Crippen molar-refractivity contribution in [2.75, 3.05) is 43.0 Å². The Morgan fingerprint density at radius 2 is 1.84 bits per heavy atom. The van der Waals surface area contributed by atoms with E-state index >= 15 is 0 Å². The highest BCUT2D eigenvalue weighted by molar-refractivity contribution is 6.43. The van der Waals surface area contributed by atoms with Gasteiger partial charge in [-0.2, -0.15) is 0 Å². The predicted molar refractivity (Wildman–Crippen MR) is 151 cm³/mol. The van der Waals surface area contributed by atoms with Crippen molar-refractivity contribution in [2.24, 2.45) is 5.73 Å². The lowest BCUT2D eigenvalue weighted by atomic mass is 10.1. The molecule has 1 aliphatic heterocycles. The first-order chi connectivity index (χ1) is 18.0. The summed E-state index contributed by atoms with van der Waals surface area (Å²) >= 11 is 12.6. The lowest BCUT2D eigenvalue weighted by Gasteiger charge is -2.37. The zero-order valence-electron chi connectivity index (χ0n) is 21.8. The minimum atomic E-state index is -0.638. The molecule has 3 N–H and O–H groups in total. The van der Waals surface area contributed by atoms with Gasteiger partial charge in [0.05, 0.1) is 44.8 Å². The first kappa shape index (κ1) is 27.6. The quantitative estimate of drug-likeness (QED) is 0.390. The molecule has 38 heavy (non-hydrogen) atoms. The van der Waals surface area contributed by atoms with Crippen molar-refractivity contribution in [1.82, 2.24) is 9.88 Å². The number of nitrogens with one attached hydrogen (secondary N) is 1. The van der Waals surface area contributed by atoms with Crippen molar-refractivity contribution in [3.8, 4) is 5.75 Å². The van der Waals surface area contributed by atoms with Crippen LogP contribution in [-0.2, 0) is 4.74 Å². The van der Waals surface area contributed by atoms with Gasteiger partial charge in [0.15, 0.2) is 0 Å². The molecular formula is C27H31Cl2N5O4. The van der Waals surface area contributed by atoms with Crippen molar-refractivity contribution >= 4 is 63.2 Å². The number of carbonyl (C=O) groups excluding carboxylic acids is 2. The van der Waals surface area contributed by atoms with Crippen LogP contribution < -0.4 is 20.7 Å². The fourth-order valence-electron chi connectivity index (χ4n) is 4.24. The van der Waals surface area contributed by atoms with E-state index in [-0.39, 0.29) is 11.7 Å². The summed E-state index contributed by atoms with van der Waals surface area (Å²) in [7, 11) is 0. The minimum absolute atomic E-state index is 0.207. The molecule has 0 saturated carbocycles. The van der Waals surface area contributed by atoms with E-state index in [2.05, 4.69) is 15.2 Å². The standard InChI is InChI=1S/C27H31Cl2N5O4/c1-5-37-22-14-20-16(13-21(22)33-9-11-34(12-10-33)26(36)38-27(2,3)4)24(17(15-31-20)25(30)35)32-19-8-6-7-18(28)23(19)29/h6-8,13-15H,5,9-12H2,1-4H3,(H2,30,35)(H,31,32). The number of benzene rings is 2. The topological polar surface area (TPSA) is 110 Å². The van der Waals surface area contributed by atoms with E-state index in [0.29, 0.717) is 70.9 Å². The summed E-state index contributed by atoms with van der Waals surface area (Å²) in [6.45, 7) is 10.0. The van der Waals surface area contributed by atoms with Crippen LogP contribution in [0.25, 0.3) is 10.9 Å². The molecule has 0 spiro atoms. The highest BCUT2D eigenvalue weighted by Gasteiger charge is 2.28. The molecule has 1 aromatic heterocycles. The highest BCUT2D eigenvalue weighted by Crippen LogP contribution is 2.40. The van der Waals surface area contributed by atoms with Crippen LogP contribution in [0, 0.1) is 0 Å². The van der Waals surface area contributed by atoms with Crippen LogP contribution in [0.3, 0.4) is 0 Å².